The second-order valence-corrected chi connectivity index (χ2v) is 8.26. The van der Waals surface area contributed by atoms with Gasteiger partial charge in [0.15, 0.2) is 16.8 Å². The molecule has 0 aliphatic carbocycles. The topological polar surface area (TPSA) is 98.9 Å². The minimum absolute atomic E-state index is 0.0368. The van der Waals surface area contributed by atoms with Gasteiger partial charge in [0.25, 0.3) is 5.56 Å². The first-order valence-corrected chi connectivity index (χ1v) is 10.6. The Balaban J connectivity index is 1.60. The number of aryl methyl sites for hydroxylation is 1. The molecule has 0 spiro atoms. The number of hydrogen-bond donors (Lipinski definition) is 1. The zero-order valence-electron chi connectivity index (χ0n) is 17.9. The molecule has 8 nitrogen and oxygen atoms in total. The van der Waals surface area contributed by atoms with E-state index >= 15 is 0 Å². The van der Waals surface area contributed by atoms with Gasteiger partial charge in [0.05, 0.1) is 34.3 Å². The summed E-state index contributed by atoms with van der Waals surface area (Å²) in [5, 5.41) is 3.71. The number of amides is 1. The van der Waals surface area contributed by atoms with Gasteiger partial charge in [-0.25, -0.2) is 18.6 Å². The van der Waals surface area contributed by atoms with Crippen LogP contribution in [0.5, 0.6) is 0 Å². The third-order valence-corrected chi connectivity index (χ3v) is 5.96. The van der Waals surface area contributed by atoms with Crippen molar-refractivity contribution in [2.24, 2.45) is 14.1 Å². The molecular weight excluding hydrogens is 497 g/mol. The van der Waals surface area contributed by atoms with Crippen molar-refractivity contribution >= 4 is 33.3 Å². The lowest BCUT2D eigenvalue weighted by molar-refractivity contribution is -0.140. The number of hydrogen-bond acceptors (Lipinski definition) is 6. The number of aromatic nitrogens is 4. The molecule has 0 fully saturated rings. The van der Waals surface area contributed by atoms with E-state index in [1.807, 2.05) is 0 Å². The molecule has 0 saturated carbocycles. The number of fused-ring (bicyclic) bond motifs is 1. The van der Waals surface area contributed by atoms with Crippen LogP contribution in [0, 0.1) is 11.6 Å². The molecular formula is C21H14F5N5O3S. The van der Waals surface area contributed by atoms with Crippen LogP contribution >= 0.6 is 11.3 Å². The van der Waals surface area contributed by atoms with E-state index in [0.717, 1.165) is 22.0 Å². The van der Waals surface area contributed by atoms with Gasteiger partial charge in [0.1, 0.15) is 0 Å². The van der Waals surface area contributed by atoms with Crippen LogP contribution in [0.2, 0.25) is 0 Å². The first-order valence-electron chi connectivity index (χ1n) is 9.74. The molecule has 0 bridgehead atoms. The molecule has 0 aliphatic rings. The quantitative estimate of drug-likeness (QED) is 0.425. The maximum atomic E-state index is 14.3. The molecule has 0 radical (unpaired) electrons. The van der Waals surface area contributed by atoms with Crippen molar-refractivity contribution in [3.63, 3.8) is 0 Å². The molecule has 35 heavy (non-hydrogen) atoms. The summed E-state index contributed by atoms with van der Waals surface area (Å²) in [6, 6.07) is 2.62. The Labute approximate surface area is 196 Å². The van der Waals surface area contributed by atoms with E-state index in [9.17, 15) is 36.3 Å². The van der Waals surface area contributed by atoms with Crippen LogP contribution in [0.1, 0.15) is 11.3 Å². The number of nitrogens with one attached hydrogen (secondary N) is 1. The van der Waals surface area contributed by atoms with Crippen LogP contribution in [0.4, 0.5) is 27.1 Å². The Morgan fingerprint density at radius 1 is 1.09 bits per heavy atom. The zero-order valence-corrected chi connectivity index (χ0v) is 18.7. The highest BCUT2D eigenvalue weighted by Crippen LogP contribution is 2.36. The van der Waals surface area contributed by atoms with Crippen LogP contribution in [-0.2, 0) is 31.5 Å². The maximum absolute atomic E-state index is 14.3. The third kappa shape index (κ3) is 4.32. The van der Waals surface area contributed by atoms with E-state index < -0.39 is 46.1 Å². The lowest BCUT2D eigenvalue weighted by Gasteiger charge is -2.10. The molecule has 14 heteroatoms. The van der Waals surface area contributed by atoms with E-state index in [4.69, 9.17) is 0 Å². The van der Waals surface area contributed by atoms with E-state index in [0.29, 0.717) is 6.07 Å². The summed E-state index contributed by atoms with van der Waals surface area (Å²) in [4.78, 5) is 45.3. The average Bonchev–Trinajstić information content (AvgIpc) is 3.24. The van der Waals surface area contributed by atoms with E-state index in [-0.39, 0.29) is 33.8 Å². The van der Waals surface area contributed by atoms with Crippen LogP contribution in [-0.4, -0.2) is 25.0 Å². The Kier molecular flexibility index (Phi) is 6.00. The van der Waals surface area contributed by atoms with Gasteiger partial charge in [-0.05, 0) is 18.2 Å². The highest BCUT2D eigenvalue weighted by atomic mass is 32.1. The first kappa shape index (κ1) is 24.2. The summed E-state index contributed by atoms with van der Waals surface area (Å²) in [5.41, 5.74) is -3.22. The molecule has 0 aliphatic heterocycles. The molecule has 3 heterocycles. The number of nitrogens with zero attached hydrogens (tertiary/aromatic N) is 4. The van der Waals surface area contributed by atoms with Gasteiger partial charge in [-0.2, -0.15) is 13.2 Å². The second-order valence-electron chi connectivity index (χ2n) is 7.41. The Morgan fingerprint density at radius 2 is 1.80 bits per heavy atom. The summed E-state index contributed by atoms with van der Waals surface area (Å²) >= 11 is 0.835. The molecule has 0 atom stereocenters. The Morgan fingerprint density at radius 3 is 2.49 bits per heavy atom. The largest absolute Gasteiger partial charge is 0.419 e. The number of halogens is 5. The average molecular weight is 511 g/mol. The number of pyridine rings is 1. The monoisotopic (exact) mass is 511 g/mol. The zero-order chi connectivity index (χ0) is 25.7. The number of benzene rings is 1. The van der Waals surface area contributed by atoms with E-state index in [1.165, 1.54) is 36.3 Å². The van der Waals surface area contributed by atoms with E-state index in [1.54, 1.807) is 0 Å². The molecule has 0 saturated heterocycles. The van der Waals surface area contributed by atoms with Crippen molar-refractivity contribution in [2.75, 3.05) is 5.32 Å². The fraction of sp³-hybridized carbons (Fsp3) is 0.190. The fourth-order valence-electron chi connectivity index (χ4n) is 3.46. The molecule has 4 aromatic rings. The van der Waals surface area contributed by atoms with Crippen LogP contribution in [0.3, 0.4) is 0 Å². The van der Waals surface area contributed by atoms with Crippen molar-refractivity contribution in [1.29, 1.82) is 0 Å². The van der Waals surface area contributed by atoms with Gasteiger partial charge in [0, 0.05) is 31.2 Å². The van der Waals surface area contributed by atoms with Gasteiger partial charge in [0.2, 0.25) is 5.91 Å². The van der Waals surface area contributed by atoms with Crippen molar-refractivity contribution in [3.05, 3.63) is 73.5 Å². The molecule has 0 unspecified atom stereocenters. The molecule has 1 aromatic carbocycles. The summed E-state index contributed by atoms with van der Waals surface area (Å²) in [6.07, 6.45) is -4.09. The van der Waals surface area contributed by atoms with Crippen LogP contribution in [0.15, 0.2) is 39.4 Å². The number of rotatable bonds is 4. The predicted octanol–water partition coefficient (Wildman–Crippen LogP) is 3.23. The van der Waals surface area contributed by atoms with E-state index in [2.05, 4.69) is 15.3 Å². The van der Waals surface area contributed by atoms with Crippen molar-refractivity contribution in [2.45, 2.75) is 12.6 Å². The minimum Gasteiger partial charge on any atom is -0.302 e. The summed E-state index contributed by atoms with van der Waals surface area (Å²) in [6.45, 7) is 0. The SMILES string of the molecule is Cn1c(=O)c2c(CC(=O)Nc3nc(-c4ccc(C(F)(F)F)c(F)c4F)cs3)nccc2n(C)c1=O. The molecule has 3 aromatic heterocycles. The normalized spacial score (nSPS) is 11.7. The van der Waals surface area contributed by atoms with Gasteiger partial charge >= 0.3 is 11.9 Å². The fourth-order valence-corrected chi connectivity index (χ4v) is 4.19. The second kappa shape index (κ2) is 8.69. The number of anilines is 1. The summed E-state index contributed by atoms with van der Waals surface area (Å²) in [7, 11) is 2.76. The van der Waals surface area contributed by atoms with Crippen molar-refractivity contribution in [3.8, 4) is 11.3 Å². The summed E-state index contributed by atoms with van der Waals surface area (Å²) in [5.74, 6) is -4.42. The molecule has 182 valence electrons. The van der Waals surface area contributed by atoms with Crippen LogP contribution in [0.25, 0.3) is 22.2 Å². The smallest absolute Gasteiger partial charge is 0.302 e. The Hall–Kier alpha value is -3.94. The number of alkyl halides is 3. The minimum atomic E-state index is -5.06. The number of carbonyl (C=O) groups excluding carboxylic acids is 1. The predicted molar refractivity (Wildman–Crippen MR) is 117 cm³/mol. The molecule has 4 rings (SSSR count). The lowest BCUT2D eigenvalue weighted by atomic mass is 10.1. The van der Waals surface area contributed by atoms with Gasteiger partial charge in [-0.3, -0.25) is 23.7 Å². The van der Waals surface area contributed by atoms with Gasteiger partial charge in [-0.15, -0.1) is 11.3 Å². The van der Waals surface area contributed by atoms with Crippen molar-refractivity contribution in [1.82, 2.24) is 19.1 Å². The lowest BCUT2D eigenvalue weighted by Crippen LogP contribution is -2.37. The molecule has 1 N–H and O–H groups in total. The van der Waals surface area contributed by atoms with Crippen LogP contribution < -0.4 is 16.6 Å². The van der Waals surface area contributed by atoms with Crippen molar-refractivity contribution < 1.29 is 26.7 Å². The molecule has 1 amide bonds. The maximum Gasteiger partial charge on any atom is 0.419 e. The Bertz CT molecular complexity index is 1610. The highest BCUT2D eigenvalue weighted by Gasteiger charge is 2.36. The first-order chi connectivity index (χ1) is 16.4. The number of carbonyl (C=O) groups is 1. The van der Waals surface area contributed by atoms with Gasteiger partial charge in [-0.1, -0.05) is 0 Å². The van der Waals surface area contributed by atoms with Gasteiger partial charge < -0.3 is 5.32 Å². The summed E-state index contributed by atoms with van der Waals surface area (Å²) < 4.78 is 68.6. The third-order valence-electron chi connectivity index (χ3n) is 5.20. The number of thiazole rings is 1. The highest BCUT2D eigenvalue weighted by molar-refractivity contribution is 7.14. The standard InChI is InChI=1S/C21H14F5N5O3S/c1-30-13-5-6-27-11(15(13)18(33)31(2)20(30)34)7-14(32)29-19-28-12(8-35-19)9-3-4-10(21(24,25)26)17(23)16(9)22/h3-6,8H,7H2,1-2H3,(H,28,29,32).